The zero-order valence-electron chi connectivity index (χ0n) is 28.4. The second-order valence-electron chi connectivity index (χ2n) is 13.7. The SMILES string of the molecule is c1ccc(-n2c3ccccc3c3ccc(-c4ccc5nc(-n6c7ccccc7c7c8ccccc8c8c9ccccc9sc8c76)ccc5n4)cc32)cc1. The lowest BCUT2D eigenvalue weighted by molar-refractivity contribution is 1.10. The first kappa shape index (κ1) is 28.8. The van der Waals surface area contributed by atoms with E-state index in [2.05, 4.69) is 179 Å². The van der Waals surface area contributed by atoms with Gasteiger partial charge in [0, 0.05) is 48.3 Å². The number of benzene rings is 7. The van der Waals surface area contributed by atoms with Crippen LogP contribution in [0.5, 0.6) is 0 Å². The molecule has 246 valence electrons. The molecule has 5 aromatic heterocycles. The van der Waals surface area contributed by atoms with Gasteiger partial charge in [-0.3, -0.25) is 4.57 Å². The Morgan fingerprint density at radius 1 is 0.415 bits per heavy atom. The molecule has 0 spiro atoms. The number of para-hydroxylation sites is 3. The van der Waals surface area contributed by atoms with E-state index in [0.29, 0.717) is 0 Å². The summed E-state index contributed by atoms with van der Waals surface area (Å²) in [5, 5.41) is 10.1. The topological polar surface area (TPSA) is 35.6 Å². The highest BCUT2D eigenvalue weighted by atomic mass is 32.1. The lowest BCUT2D eigenvalue weighted by Crippen LogP contribution is -1.99. The maximum Gasteiger partial charge on any atom is 0.138 e. The van der Waals surface area contributed by atoms with Crippen LogP contribution in [0.25, 0.3) is 108 Å². The van der Waals surface area contributed by atoms with Gasteiger partial charge in [-0.05, 0) is 71.4 Å². The molecule has 0 saturated heterocycles. The molecule has 0 saturated carbocycles. The van der Waals surface area contributed by atoms with Gasteiger partial charge in [0.2, 0.25) is 0 Å². The third-order valence-electron chi connectivity index (χ3n) is 10.9. The van der Waals surface area contributed by atoms with Gasteiger partial charge >= 0.3 is 0 Å². The van der Waals surface area contributed by atoms with Gasteiger partial charge in [0.1, 0.15) is 5.82 Å². The van der Waals surface area contributed by atoms with Gasteiger partial charge < -0.3 is 4.57 Å². The van der Waals surface area contributed by atoms with Crippen molar-refractivity contribution in [3.8, 4) is 22.8 Å². The van der Waals surface area contributed by atoms with E-state index < -0.39 is 0 Å². The minimum absolute atomic E-state index is 0.866. The minimum atomic E-state index is 0.866. The summed E-state index contributed by atoms with van der Waals surface area (Å²) in [6, 6.07) is 60.8. The third-order valence-corrected chi connectivity index (χ3v) is 12.1. The molecular weight excluding hydrogens is 665 g/mol. The molecule has 4 nitrogen and oxygen atoms in total. The Bertz CT molecular complexity index is 3460. The molecule has 0 amide bonds. The second kappa shape index (κ2) is 10.8. The van der Waals surface area contributed by atoms with E-state index >= 15 is 0 Å². The summed E-state index contributed by atoms with van der Waals surface area (Å²) in [6.07, 6.45) is 0. The highest BCUT2D eigenvalue weighted by Crippen LogP contribution is 2.47. The Balaban J connectivity index is 1.07. The summed E-state index contributed by atoms with van der Waals surface area (Å²) < 4.78 is 7.31. The van der Waals surface area contributed by atoms with E-state index in [0.717, 1.165) is 44.8 Å². The molecule has 0 atom stereocenters. The molecule has 0 fully saturated rings. The summed E-state index contributed by atoms with van der Waals surface area (Å²) in [5.41, 5.74) is 9.59. The lowest BCUT2D eigenvalue weighted by atomic mass is 9.99. The number of hydrogen-bond donors (Lipinski definition) is 0. The molecule has 5 heteroatoms. The van der Waals surface area contributed by atoms with E-state index in [1.165, 1.54) is 63.5 Å². The van der Waals surface area contributed by atoms with Gasteiger partial charge in [-0.25, -0.2) is 9.97 Å². The van der Waals surface area contributed by atoms with Crippen molar-refractivity contribution in [3.63, 3.8) is 0 Å². The standard InChI is InChI=1S/C48H28N4S/c1-2-12-30(13-3-1)51-40-19-9-6-14-31(40)32-23-22-29(28-42(32)51)37-24-25-39-38(49-37)26-27-44(50-39)52-41-20-10-7-17-35(41)45-33-15-4-5-16-34(33)46-36-18-8-11-21-43(36)53-48(46)47(45)52/h1-28H. The first-order valence-electron chi connectivity index (χ1n) is 17.9. The quantitative estimate of drug-likeness (QED) is 0.185. The molecule has 0 bridgehead atoms. The monoisotopic (exact) mass is 692 g/mol. The minimum Gasteiger partial charge on any atom is -0.309 e. The predicted molar refractivity (Wildman–Crippen MR) is 224 cm³/mol. The number of nitrogens with zero attached hydrogens (tertiary/aromatic N) is 4. The number of thiophene rings is 1. The van der Waals surface area contributed by atoms with Crippen LogP contribution in [0.3, 0.4) is 0 Å². The molecule has 0 aliphatic carbocycles. The molecule has 0 radical (unpaired) electrons. The zero-order valence-corrected chi connectivity index (χ0v) is 29.2. The number of aromatic nitrogens is 4. The smallest absolute Gasteiger partial charge is 0.138 e. The van der Waals surface area contributed by atoms with Crippen molar-refractivity contribution in [1.29, 1.82) is 0 Å². The van der Waals surface area contributed by atoms with Crippen molar-refractivity contribution in [2.45, 2.75) is 0 Å². The Kier molecular flexibility index (Phi) is 5.90. The summed E-state index contributed by atoms with van der Waals surface area (Å²) in [4.78, 5) is 10.5. The molecule has 0 unspecified atom stereocenters. The van der Waals surface area contributed by atoms with Gasteiger partial charge in [0.25, 0.3) is 0 Å². The van der Waals surface area contributed by atoms with Crippen molar-refractivity contribution in [2.24, 2.45) is 0 Å². The molecule has 7 aromatic carbocycles. The van der Waals surface area contributed by atoms with Crippen LogP contribution in [0.1, 0.15) is 0 Å². The van der Waals surface area contributed by atoms with Crippen molar-refractivity contribution in [2.75, 3.05) is 0 Å². The first-order chi connectivity index (χ1) is 26.3. The fourth-order valence-corrected chi connectivity index (χ4v) is 9.89. The Labute approximate surface area is 307 Å². The van der Waals surface area contributed by atoms with Crippen molar-refractivity contribution < 1.29 is 0 Å². The van der Waals surface area contributed by atoms with Crippen LogP contribution in [0.15, 0.2) is 170 Å². The molecule has 0 N–H and O–H groups in total. The maximum atomic E-state index is 5.33. The van der Waals surface area contributed by atoms with Crippen LogP contribution in [-0.2, 0) is 0 Å². The van der Waals surface area contributed by atoms with Crippen LogP contribution < -0.4 is 0 Å². The van der Waals surface area contributed by atoms with Gasteiger partial charge in [0.15, 0.2) is 0 Å². The zero-order chi connectivity index (χ0) is 34.6. The molecule has 0 aliphatic heterocycles. The number of hydrogen-bond acceptors (Lipinski definition) is 3. The largest absolute Gasteiger partial charge is 0.309 e. The molecule has 12 rings (SSSR count). The van der Waals surface area contributed by atoms with Crippen LogP contribution in [-0.4, -0.2) is 19.1 Å². The number of rotatable bonds is 3. The van der Waals surface area contributed by atoms with Crippen LogP contribution >= 0.6 is 11.3 Å². The van der Waals surface area contributed by atoms with E-state index in [1.807, 2.05) is 11.3 Å². The van der Waals surface area contributed by atoms with Crippen LogP contribution in [0.2, 0.25) is 0 Å². The molecule has 12 aromatic rings. The second-order valence-corrected chi connectivity index (χ2v) is 14.8. The van der Waals surface area contributed by atoms with Crippen LogP contribution in [0.4, 0.5) is 0 Å². The summed E-state index contributed by atoms with van der Waals surface area (Å²) in [5.74, 6) is 0.890. The maximum absolute atomic E-state index is 5.33. The fourth-order valence-electron chi connectivity index (χ4n) is 8.63. The fraction of sp³-hybridized carbons (Fsp3) is 0. The Hall–Kier alpha value is -6.82. The van der Waals surface area contributed by atoms with Gasteiger partial charge in [-0.1, -0.05) is 109 Å². The number of fused-ring (bicyclic) bond motifs is 14. The lowest BCUT2D eigenvalue weighted by Gasteiger charge is -2.11. The average Bonchev–Trinajstić information content (AvgIpc) is 3.89. The summed E-state index contributed by atoms with van der Waals surface area (Å²) >= 11 is 1.87. The molecule has 5 heterocycles. The number of pyridine rings is 2. The highest BCUT2D eigenvalue weighted by molar-refractivity contribution is 7.27. The van der Waals surface area contributed by atoms with E-state index in [4.69, 9.17) is 9.97 Å². The van der Waals surface area contributed by atoms with E-state index in [1.54, 1.807) is 0 Å². The molecule has 0 aliphatic rings. The normalized spacial score (nSPS) is 12.2. The van der Waals surface area contributed by atoms with Crippen LogP contribution in [0, 0.1) is 0 Å². The van der Waals surface area contributed by atoms with E-state index in [-0.39, 0.29) is 0 Å². The van der Waals surface area contributed by atoms with Crippen molar-refractivity contribution >= 4 is 96.9 Å². The molecule has 53 heavy (non-hydrogen) atoms. The first-order valence-corrected chi connectivity index (χ1v) is 18.7. The van der Waals surface area contributed by atoms with Crippen molar-refractivity contribution in [3.05, 3.63) is 170 Å². The molecular formula is C48H28N4S. The summed E-state index contributed by atoms with van der Waals surface area (Å²) in [7, 11) is 0. The Morgan fingerprint density at radius 2 is 1.04 bits per heavy atom. The Morgan fingerprint density at radius 3 is 1.87 bits per heavy atom. The van der Waals surface area contributed by atoms with Gasteiger partial charge in [-0.2, -0.15) is 0 Å². The third kappa shape index (κ3) is 4.05. The average molecular weight is 693 g/mol. The van der Waals surface area contributed by atoms with Gasteiger partial charge in [-0.15, -0.1) is 11.3 Å². The van der Waals surface area contributed by atoms with Crippen molar-refractivity contribution in [1.82, 2.24) is 19.1 Å². The van der Waals surface area contributed by atoms with E-state index in [9.17, 15) is 0 Å². The van der Waals surface area contributed by atoms with Gasteiger partial charge in [0.05, 0.1) is 43.5 Å². The predicted octanol–water partition coefficient (Wildman–Crippen LogP) is 13.0. The highest BCUT2D eigenvalue weighted by Gasteiger charge is 2.22. The summed E-state index contributed by atoms with van der Waals surface area (Å²) in [6.45, 7) is 0.